The van der Waals surface area contributed by atoms with Crippen LogP contribution in [0.5, 0.6) is 0 Å². The molecule has 0 bridgehead atoms. The van der Waals surface area contributed by atoms with Crippen LogP contribution >= 0.6 is 0 Å². The lowest BCUT2D eigenvalue weighted by atomic mass is 9.50. The molecular weight excluding hydrogens is 261 g/mol. The Balaban J connectivity index is 1.96. The van der Waals surface area contributed by atoms with E-state index in [9.17, 15) is 14.4 Å². The molecule has 1 saturated carbocycles. The first kappa shape index (κ1) is 13.6. The second kappa shape index (κ2) is 4.58. The average Bonchev–Trinajstić information content (AvgIpc) is 2.75. The van der Waals surface area contributed by atoms with Crippen molar-refractivity contribution < 1.29 is 28.1 Å². The number of rotatable bonds is 3. The molecule has 2 aliphatic heterocycles. The third kappa shape index (κ3) is 1.79. The van der Waals surface area contributed by atoms with Gasteiger partial charge in [-0.05, 0) is 5.92 Å². The van der Waals surface area contributed by atoms with E-state index in [4.69, 9.17) is 9.31 Å². The van der Waals surface area contributed by atoms with Crippen molar-refractivity contribution in [2.24, 2.45) is 5.92 Å². The molecule has 1 aliphatic carbocycles. The fourth-order valence-corrected chi connectivity index (χ4v) is 4.28. The number of carbonyl (C=O) groups excluding carboxylic acids is 3. The Labute approximate surface area is 118 Å². The summed E-state index contributed by atoms with van der Waals surface area (Å²) < 4.78 is 11.1. The predicted molar refractivity (Wildman–Crippen MR) is 70.2 cm³/mol. The van der Waals surface area contributed by atoms with E-state index in [-0.39, 0.29) is 35.3 Å². The first-order valence-corrected chi connectivity index (χ1v) is 7.39. The summed E-state index contributed by atoms with van der Waals surface area (Å²) in [6.45, 7) is -1.99. The van der Waals surface area contributed by atoms with E-state index < -0.39 is 12.5 Å². The van der Waals surface area contributed by atoms with Crippen molar-refractivity contribution in [2.75, 3.05) is 20.1 Å². The van der Waals surface area contributed by atoms with Crippen LogP contribution in [0, 0.1) is 5.92 Å². The number of quaternary nitrogens is 1. The highest BCUT2D eigenvalue weighted by Gasteiger charge is 2.70. The van der Waals surface area contributed by atoms with Gasteiger partial charge < -0.3 is 18.5 Å². The molecule has 0 N–H and O–H groups in total. The van der Waals surface area contributed by atoms with Crippen LogP contribution in [0.1, 0.15) is 32.1 Å². The molecule has 3 fully saturated rings. The number of nitrogens with zero attached hydrogens (tertiary/aromatic N) is 1. The minimum Gasteiger partial charge on any atom is -0.600 e. The second-order valence-electron chi connectivity index (χ2n) is 6.62. The van der Waals surface area contributed by atoms with Gasteiger partial charge in [-0.2, -0.15) is 0 Å². The molecule has 0 radical (unpaired) electrons. The zero-order chi connectivity index (χ0) is 14.4. The third-order valence-corrected chi connectivity index (χ3v) is 5.29. The normalized spacial score (nSPS) is 39.0. The fourth-order valence-electron chi connectivity index (χ4n) is 4.28. The monoisotopic (exact) mass is 281 g/mol. The summed E-state index contributed by atoms with van der Waals surface area (Å²) in [7, 11) is 1.79. The van der Waals surface area contributed by atoms with Gasteiger partial charge in [-0.25, -0.2) is 0 Å². The Kier molecular flexibility index (Phi) is 3.12. The van der Waals surface area contributed by atoms with E-state index >= 15 is 0 Å². The molecule has 3 rings (SSSR count). The molecule has 2 heterocycles. The molecule has 6 nitrogen and oxygen atoms in total. The Bertz CT molecular complexity index is 440. The first-order valence-electron chi connectivity index (χ1n) is 7.39. The number of fused-ring (bicyclic) bond motifs is 1. The molecule has 0 aromatic carbocycles. The number of hydrogen-bond donors (Lipinski definition) is 0. The molecule has 0 spiro atoms. The van der Waals surface area contributed by atoms with Crippen molar-refractivity contribution in [3.8, 4) is 0 Å². The average molecular weight is 281 g/mol. The smallest absolute Gasteiger partial charge is 0.594 e. The molecule has 3 aliphatic rings. The Hall–Kier alpha value is -1.37. The van der Waals surface area contributed by atoms with Crippen LogP contribution in [0.15, 0.2) is 0 Å². The van der Waals surface area contributed by atoms with E-state index in [2.05, 4.69) is 0 Å². The van der Waals surface area contributed by atoms with Crippen LogP contribution in [0.2, 0.25) is 5.82 Å². The molecule has 20 heavy (non-hydrogen) atoms. The lowest BCUT2D eigenvalue weighted by molar-refractivity contribution is -0.794. The summed E-state index contributed by atoms with van der Waals surface area (Å²) in [5.74, 6) is -1.10. The highest BCUT2D eigenvalue weighted by Crippen LogP contribution is 2.47. The molecule has 0 unspecified atom stereocenters. The van der Waals surface area contributed by atoms with Crippen LogP contribution < -0.4 is 0 Å². The second-order valence-corrected chi connectivity index (χ2v) is 6.62. The van der Waals surface area contributed by atoms with Crippen LogP contribution in [-0.2, 0) is 23.7 Å². The van der Waals surface area contributed by atoms with Crippen molar-refractivity contribution in [3.05, 3.63) is 0 Å². The zero-order valence-corrected chi connectivity index (χ0v) is 11.7. The van der Waals surface area contributed by atoms with Crippen molar-refractivity contribution >= 4 is 24.9 Å². The standard InChI is InChI=1S/C13H20BNO5/c1-15-7-12(17)19-14(15,20-13(18)8-15)11(9-16)10-5-3-2-4-6-10/h9-11H,2-8H2,1H3/t11-,14?,15?/m1/s1. The largest absolute Gasteiger partial charge is 0.600 e. The summed E-state index contributed by atoms with van der Waals surface area (Å²) in [5.41, 5.74) is 0. The Morgan fingerprint density at radius 2 is 1.70 bits per heavy atom. The first-order chi connectivity index (χ1) is 9.51. The quantitative estimate of drug-likeness (QED) is 0.560. The lowest BCUT2D eigenvalue weighted by Gasteiger charge is -2.45. The van der Waals surface area contributed by atoms with Crippen LogP contribution in [0.25, 0.3) is 0 Å². The van der Waals surface area contributed by atoms with Gasteiger partial charge in [-0.15, -0.1) is 0 Å². The molecule has 0 aromatic heterocycles. The third-order valence-electron chi connectivity index (χ3n) is 5.29. The van der Waals surface area contributed by atoms with Gasteiger partial charge in [0.2, 0.25) is 0 Å². The van der Waals surface area contributed by atoms with Gasteiger partial charge in [0, 0.05) is 12.9 Å². The van der Waals surface area contributed by atoms with Gasteiger partial charge in [0.15, 0.2) is 0 Å². The zero-order valence-electron chi connectivity index (χ0n) is 11.7. The van der Waals surface area contributed by atoms with E-state index in [1.165, 1.54) is 6.42 Å². The fraction of sp³-hybridized carbons (Fsp3) is 0.769. The van der Waals surface area contributed by atoms with Crippen LogP contribution in [-0.4, -0.2) is 49.4 Å². The maximum Gasteiger partial charge on any atom is 0.594 e. The summed E-state index contributed by atoms with van der Waals surface area (Å²) in [6, 6.07) is 0. The Morgan fingerprint density at radius 3 is 2.20 bits per heavy atom. The van der Waals surface area contributed by atoms with Crippen molar-refractivity contribution in [2.45, 2.75) is 37.9 Å². The van der Waals surface area contributed by atoms with Gasteiger partial charge in [-0.3, -0.25) is 9.59 Å². The molecule has 1 atom stereocenters. The van der Waals surface area contributed by atoms with Gasteiger partial charge in [-0.1, -0.05) is 32.1 Å². The van der Waals surface area contributed by atoms with Gasteiger partial charge >= 0.3 is 18.6 Å². The SMILES string of the molecule is C[N+]12CC(=O)O[B-]1([C@H](C=O)C1CCCCC1)OC(=O)C2. The Morgan fingerprint density at radius 1 is 1.15 bits per heavy atom. The molecular formula is C13H20BNO5. The topological polar surface area (TPSA) is 69.7 Å². The number of likely N-dealkylation sites (N-methyl/N-ethyl adjacent to an activating group) is 1. The molecule has 0 amide bonds. The van der Waals surface area contributed by atoms with Crippen LogP contribution in [0.4, 0.5) is 0 Å². The summed E-state index contributed by atoms with van der Waals surface area (Å²) >= 11 is 0. The lowest BCUT2D eigenvalue weighted by Crippen LogP contribution is -2.64. The van der Waals surface area contributed by atoms with Gasteiger partial charge in [0.1, 0.15) is 19.4 Å². The maximum atomic E-state index is 11.7. The van der Waals surface area contributed by atoms with Crippen molar-refractivity contribution in [1.82, 2.24) is 0 Å². The molecule has 0 aromatic rings. The number of carbonyl (C=O) groups is 3. The van der Waals surface area contributed by atoms with E-state index in [1.54, 1.807) is 7.05 Å². The summed E-state index contributed by atoms with van der Waals surface area (Å²) in [5, 5.41) is 0. The summed E-state index contributed by atoms with van der Waals surface area (Å²) in [6.07, 6.45) is 6.04. The predicted octanol–water partition coefficient (Wildman–Crippen LogP) is 0.635. The van der Waals surface area contributed by atoms with Crippen molar-refractivity contribution in [3.63, 3.8) is 0 Å². The highest BCUT2D eigenvalue weighted by molar-refractivity contribution is 6.70. The van der Waals surface area contributed by atoms with E-state index in [1.807, 2.05) is 0 Å². The maximum absolute atomic E-state index is 11.7. The van der Waals surface area contributed by atoms with E-state index in [0.717, 1.165) is 32.0 Å². The highest BCUT2D eigenvalue weighted by atomic mass is 16.7. The molecule has 110 valence electrons. The number of aldehydes is 1. The summed E-state index contributed by atoms with van der Waals surface area (Å²) in [4.78, 5) is 35.2. The van der Waals surface area contributed by atoms with Gasteiger partial charge in [0.05, 0.1) is 0 Å². The van der Waals surface area contributed by atoms with Gasteiger partial charge in [0.25, 0.3) is 0 Å². The molecule has 7 heteroatoms. The number of hydrogen-bond acceptors (Lipinski definition) is 5. The minimum absolute atomic E-state index is 0.109. The molecule has 2 saturated heterocycles. The minimum atomic E-state index is -2.22. The van der Waals surface area contributed by atoms with E-state index in [0.29, 0.717) is 0 Å². The van der Waals surface area contributed by atoms with Crippen LogP contribution in [0.3, 0.4) is 0 Å². The van der Waals surface area contributed by atoms with Crippen molar-refractivity contribution in [1.29, 1.82) is 0 Å².